The van der Waals surface area contributed by atoms with Crippen molar-refractivity contribution in [3.8, 4) is 0 Å². The summed E-state index contributed by atoms with van der Waals surface area (Å²) in [5.74, 6) is 0.326. The maximum atomic E-state index is 10.5. The van der Waals surface area contributed by atoms with E-state index in [1.165, 1.54) is 6.08 Å². The smallest absolute Gasteiger partial charge is 0.241 e. The van der Waals surface area contributed by atoms with E-state index in [1.54, 1.807) is 12.3 Å². The third kappa shape index (κ3) is 3.05. The molecule has 0 bridgehead atoms. The summed E-state index contributed by atoms with van der Waals surface area (Å²) < 4.78 is 2.00. The van der Waals surface area contributed by atoms with Crippen molar-refractivity contribution in [2.24, 2.45) is 5.73 Å². The van der Waals surface area contributed by atoms with Gasteiger partial charge in [-0.15, -0.1) is 0 Å². The lowest BCUT2D eigenvalue weighted by atomic mass is 10.3. The van der Waals surface area contributed by atoms with Gasteiger partial charge in [-0.25, -0.2) is 4.98 Å². The fourth-order valence-electron chi connectivity index (χ4n) is 1.15. The second-order valence-corrected chi connectivity index (χ2v) is 3.07. The first-order valence-corrected chi connectivity index (χ1v) is 4.72. The van der Waals surface area contributed by atoms with Crippen LogP contribution >= 0.6 is 0 Å². The van der Waals surface area contributed by atoms with E-state index >= 15 is 0 Å². The average Bonchev–Trinajstić information content (AvgIpc) is 2.58. The third-order valence-corrected chi connectivity index (χ3v) is 1.90. The Hall–Kier alpha value is -1.58. The fraction of sp³-hybridized carbons (Fsp3) is 0.400. The van der Waals surface area contributed by atoms with Gasteiger partial charge < -0.3 is 10.3 Å². The molecule has 1 aromatic heterocycles. The molecule has 14 heavy (non-hydrogen) atoms. The van der Waals surface area contributed by atoms with Gasteiger partial charge >= 0.3 is 0 Å². The van der Waals surface area contributed by atoms with Gasteiger partial charge in [-0.1, -0.05) is 13.3 Å². The minimum atomic E-state index is -0.449. The number of imidazole rings is 1. The van der Waals surface area contributed by atoms with Crippen molar-refractivity contribution in [2.75, 3.05) is 0 Å². The summed E-state index contributed by atoms with van der Waals surface area (Å²) in [5, 5.41) is 0. The lowest BCUT2D eigenvalue weighted by molar-refractivity contribution is -0.113. The molecule has 76 valence electrons. The SMILES string of the molecule is CCCCn1ccnc1/C=C\C(N)=O. The second-order valence-electron chi connectivity index (χ2n) is 3.07. The van der Waals surface area contributed by atoms with Gasteiger partial charge in [0.05, 0.1) is 0 Å². The first kappa shape index (κ1) is 10.5. The normalized spacial score (nSPS) is 10.9. The van der Waals surface area contributed by atoms with Crippen LogP contribution in [-0.2, 0) is 11.3 Å². The highest BCUT2D eigenvalue weighted by molar-refractivity contribution is 5.89. The standard InChI is InChI=1S/C10H15N3O/c1-2-3-7-13-8-6-12-10(13)5-4-9(11)14/h4-6,8H,2-3,7H2,1H3,(H2,11,14)/b5-4-. The van der Waals surface area contributed by atoms with Gasteiger partial charge in [-0.05, 0) is 12.5 Å². The zero-order chi connectivity index (χ0) is 10.4. The Balaban J connectivity index is 2.67. The second kappa shape index (κ2) is 5.21. The predicted octanol–water partition coefficient (Wildman–Crippen LogP) is 1.18. The number of carbonyl (C=O) groups excluding carboxylic acids is 1. The number of nitrogens with two attached hydrogens (primary N) is 1. The summed E-state index contributed by atoms with van der Waals surface area (Å²) in [5.41, 5.74) is 5.00. The van der Waals surface area contributed by atoms with Crippen molar-refractivity contribution < 1.29 is 4.79 Å². The molecule has 1 aromatic rings. The van der Waals surface area contributed by atoms with Crippen LogP contribution in [-0.4, -0.2) is 15.5 Å². The summed E-state index contributed by atoms with van der Waals surface area (Å²) in [6, 6.07) is 0. The van der Waals surface area contributed by atoms with Gasteiger partial charge in [0.15, 0.2) is 0 Å². The largest absolute Gasteiger partial charge is 0.366 e. The van der Waals surface area contributed by atoms with E-state index in [0.717, 1.165) is 25.2 Å². The highest BCUT2D eigenvalue weighted by Gasteiger charge is 1.97. The van der Waals surface area contributed by atoms with Crippen LogP contribution in [0.25, 0.3) is 6.08 Å². The Kier molecular flexibility index (Phi) is 3.91. The molecule has 0 aliphatic rings. The topological polar surface area (TPSA) is 60.9 Å². The van der Waals surface area contributed by atoms with E-state index in [4.69, 9.17) is 5.73 Å². The van der Waals surface area contributed by atoms with Crippen LogP contribution < -0.4 is 5.73 Å². The van der Waals surface area contributed by atoms with E-state index < -0.39 is 5.91 Å². The molecule has 2 N–H and O–H groups in total. The lowest BCUT2D eigenvalue weighted by Gasteiger charge is -2.02. The number of hydrogen-bond acceptors (Lipinski definition) is 2. The zero-order valence-corrected chi connectivity index (χ0v) is 8.31. The van der Waals surface area contributed by atoms with Crippen molar-refractivity contribution >= 4 is 12.0 Å². The summed E-state index contributed by atoms with van der Waals surface area (Å²) >= 11 is 0. The molecule has 0 radical (unpaired) electrons. The Morgan fingerprint density at radius 1 is 1.71 bits per heavy atom. The Morgan fingerprint density at radius 3 is 3.14 bits per heavy atom. The third-order valence-electron chi connectivity index (χ3n) is 1.90. The molecule has 0 saturated heterocycles. The summed E-state index contributed by atoms with van der Waals surface area (Å²) in [6.45, 7) is 3.06. The molecule has 0 atom stereocenters. The van der Waals surface area contributed by atoms with E-state index in [1.807, 2.05) is 10.8 Å². The molecule has 1 heterocycles. The van der Waals surface area contributed by atoms with Gasteiger partial charge in [0, 0.05) is 25.0 Å². The number of amides is 1. The van der Waals surface area contributed by atoms with Crippen molar-refractivity contribution in [1.82, 2.24) is 9.55 Å². The average molecular weight is 193 g/mol. The van der Waals surface area contributed by atoms with Crippen LogP contribution in [0.5, 0.6) is 0 Å². The number of unbranched alkanes of at least 4 members (excludes halogenated alkanes) is 1. The quantitative estimate of drug-likeness (QED) is 0.714. The van der Waals surface area contributed by atoms with Gasteiger partial charge in [0.2, 0.25) is 5.91 Å². The lowest BCUT2D eigenvalue weighted by Crippen LogP contribution is -2.06. The number of primary amides is 1. The molecule has 0 unspecified atom stereocenters. The molecule has 0 spiro atoms. The fourth-order valence-corrected chi connectivity index (χ4v) is 1.15. The molecule has 0 fully saturated rings. The molecule has 0 aliphatic heterocycles. The Bertz CT molecular complexity index is 328. The van der Waals surface area contributed by atoms with Gasteiger partial charge in [-0.3, -0.25) is 4.79 Å². The molecule has 1 amide bonds. The van der Waals surface area contributed by atoms with E-state index in [2.05, 4.69) is 11.9 Å². The van der Waals surface area contributed by atoms with Gasteiger partial charge in [0.25, 0.3) is 0 Å². The van der Waals surface area contributed by atoms with E-state index in [0.29, 0.717) is 0 Å². The number of nitrogens with zero attached hydrogens (tertiary/aromatic N) is 2. The Morgan fingerprint density at radius 2 is 2.50 bits per heavy atom. The molecule has 4 nitrogen and oxygen atoms in total. The van der Waals surface area contributed by atoms with Crippen LogP contribution in [0.4, 0.5) is 0 Å². The highest BCUT2D eigenvalue weighted by Crippen LogP contribution is 2.02. The molecule has 1 rings (SSSR count). The van der Waals surface area contributed by atoms with Crippen molar-refractivity contribution in [1.29, 1.82) is 0 Å². The summed E-state index contributed by atoms with van der Waals surface area (Å²) in [4.78, 5) is 14.6. The number of carbonyl (C=O) groups is 1. The van der Waals surface area contributed by atoms with Crippen LogP contribution in [0, 0.1) is 0 Å². The maximum absolute atomic E-state index is 10.5. The first-order chi connectivity index (χ1) is 6.74. The molecule has 0 aliphatic carbocycles. The summed E-state index contributed by atoms with van der Waals surface area (Å²) in [7, 11) is 0. The first-order valence-electron chi connectivity index (χ1n) is 4.72. The minimum Gasteiger partial charge on any atom is -0.366 e. The molecular weight excluding hydrogens is 178 g/mol. The van der Waals surface area contributed by atoms with Gasteiger partial charge in [-0.2, -0.15) is 0 Å². The number of aryl methyl sites for hydroxylation is 1. The Labute approximate surface area is 83.4 Å². The van der Waals surface area contributed by atoms with Crippen LogP contribution in [0.3, 0.4) is 0 Å². The minimum absolute atomic E-state index is 0.449. The number of rotatable bonds is 5. The predicted molar refractivity (Wildman–Crippen MR) is 55.4 cm³/mol. The number of aromatic nitrogens is 2. The van der Waals surface area contributed by atoms with Crippen molar-refractivity contribution in [2.45, 2.75) is 26.3 Å². The molecule has 0 saturated carbocycles. The van der Waals surface area contributed by atoms with Crippen LogP contribution in [0.1, 0.15) is 25.6 Å². The highest BCUT2D eigenvalue weighted by atomic mass is 16.1. The number of hydrogen-bond donors (Lipinski definition) is 1. The monoisotopic (exact) mass is 193 g/mol. The van der Waals surface area contributed by atoms with E-state index in [-0.39, 0.29) is 0 Å². The molecule has 0 aromatic carbocycles. The van der Waals surface area contributed by atoms with Crippen LogP contribution in [0.15, 0.2) is 18.5 Å². The summed E-state index contributed by atoms with van der Waals surface area (Å²) in [6.07, 6.45) is 8.82. The van der Waals surface area contributed by atoms with Gasteiger partial charge in [0.1, 0.15) is 5.82 Å². The van der Waals surface area contributed by atoms with E-state index in [9.17, 15) is 4.79 Å². The zero-order valence-electron chi connectivity index (χ0n) is 8.31. The molecule has 4 heteroatoms. The maximum Gasteiger partial charge on any atom is 0.241 e. The molecular formula is C10H15N3O. The van der Waals surface area contributed by atoms with Crippen molar-refractivity contribution in [3.63, 3.8) is 0 Å². The van der Waals surface area contributed by atoms with Crippen molar-refractivity contribution in [3.05, 3.63) is 24.3 Å². The van der Waals surface area contributed by atoms with Crippen LogP contribution in [0.2, 0.25) is 0 Å².